The predicted octanol–water partition coefficient (Wildman–Crippen LogP) is 3.98. The summed E-state index contributed by atoms with van der Waals surface area (Å²) in [6.45, 7) is 2.99. The van der Waals surface area contributed by atoms with E-state index in [0.29, 0.717) is 22.2 Å². The third-order valence-corrected chi connectivity index (χ3v) is 3.30. The molecule has 0 aliphatic carbocycles. The molecule has 116 valence electrons. The first kappa shape index (κ1) is 16.2. The van der Waals surface area contributed by atoms with Crippen molar-refractivity contribution in [3.05, 3.63) is 47.2 Å². The molecule has 0 saturated heterocycles. The second-order valence-electron chi connectivity index (χ2n) is 4.89. The van der Waals surface area contributed by atoms with E-state index in [9.17, 15) is 4.79 Å². The van der Waals surface area contributed by atoms with Gasteiger partial charge in [-0.3, -0.25) is 4.79 Å². The summed E-state index contributed by atoms with van der Waals surface area (Å²) >= 11 is 5.88. The van der Waals surface area contributed by atoms with E-state index in [4.69, 9.17) is 11.6 Å². The summed E-state index contributed by atoms with van der Waals surface area (Å²) in [6, 6.07) is 6.98. The molecule has 0 spiro atoms. The lowest BCUT2D eigenvalue weighted by Crippen LogP contribution is -2.13. The highest BCUT2D eigenvalue weighted by atomic mass is 35.5. The molecule has 5 nitrogen and oxygen atoms in total. The van der Waals surface area contributed by atoms with E-state index in [1.165, 1.54) is 25.2 Å². The second kappa shape index (κ2) is 8.34. The van der Waals surface area contributed by atoms with Crippen LogP contribution >= 0.6 is 11.6 Å². The van der Waals surface area contributed by atoms with Crippen molar-refractivity contribution in [3.8, 4) is 0 Å². The molecule has 2 aromatic rings. The first-order valence-corrected chi connectivity index (χ1v) is 7.69. The first-order chi connectivity index (χ1) is 10.7. The van der Waals surface area contributed by atoms with E-state index in [1.54, 1.807) is 24.3 Å². The summed E-state index contributed by atoms with van der Waals surface area (Å²) in [5, 5.41) is 6.46. The molecule has 1 aromatic carbocycles. The van der Waals surface area contributed by atoms with Crippen molar-refractivity contribution in [2.24, 2.45) is 0 Å². The number of benzene rings is 1. The van der Waals surface area contributed by atoms with Crippen molar-refractivity contribution in [1.82, 2.24) is 9.97 Å². The van der Waals surface area contributed by atoms with E-state index in [0.717, 1.165) is 13.0 Å². The van der Waals surface area contributed by atoms with Gasteiger partial charge in [-0.25, -0.2) is 9.97 Å². The monoisotopic (exact) mass is 318 g/mol. The Bertz CT molecular complexity index is 616. The molecule has 0 unspecified atom stereocenters. The Labute approximate surface area is 135 Å². The predicted molar refractivity (Wildman–Crippen MR) is 89.5 cm³/mol. The van der Waals surface area contributed by atoms with Gasteiger partial charge in [-0.2, -0.15) is 0 Å². The lowest BCUT2D eigenvalue weighted by molar-refractivity contribution is 0.102. The van der Waals surface area contributed by atoms with E-state index in [-0.39, 0.29) is 5.91 Å². The summed E-state index contributed by atoms with van der Waals surface area (Å²) in [5.74, 6) is 0.273. The molecule has 6 heteroatoms. The van der Waals surface area contributed by atoms with Gasteiger partial charge in [0.25, 0.3) is 5.91 Å². The van der Waals surface area contributed by atoms with E-state index < -0.39 is 0 Å². The average Bonchev–Trinajstić information content (AvgIpc) is 2.52. The molecule has 0 fully saturated rings. The highest BCUT2D eigenvalue weighted by molar-refractivity contribution is 6.30. The molecule has 0 aliphatic heterocycles. The maximum absolute atomic E-state index is 12.1. The number of nitrogens with zero attached hydrogens (tertiary/aromatic N) is 2. The molecule has 22 heavy (non-hydrogen) atoms. The van der Waals surface area contributed by atoms with Gasteiger partial charge >= 0.3 is 0 Å². The topological polar surface area (TPSA) is 66.9 Å². The van der Waals surface area contributed by atoms with Crippen LogP contribution in [0.3, 0.4) is 0 Å². The van der Waals surface area contributed by atoms with Crippen molar-refractivity contribution >= 4 is 29.1 Å². The van der Waals surface area contributed by atoms with Gasteiger partial charge in [0.15, 0.2) is 0 Å². The molecule has 2 N–H and O–H groups in total. The van der Waals surface area contributed by atoms with Crippen molar-refractivity contribution in [2.75, 3.05) is 17.2 Å². The summed E-state index contributed by atoms with van der Waals surface area (Å²) in [7, 11) is 0. The number of nitrogens with one attached hydrogen (secondary N) is 2. The normalized spacial score (nSPS) is 10.3. The van der Waals surface area contributed by atoms with Gasteiger partial charge in [0.2, 0.25) is 5.95 Å². The van der Waals surface area contributed by atoms with Crippen LogP contribution in [0.4, 0.5) is 11.6 Å². The van der Waals surface area contributed by atoms with Gasteiger partial charge in [0, 0.05) is 29.6 Å². The van der Waals surface area contributed by atoms with Crippen LogP contribution in [0.25, 0.3) is 0 Å². The van der Waals surface area contributed by atoms with Gasteiger partial charge in [0.1, 0.15) is 0 Å². The fraction of sp³-hybridized carbons (Fsp3) is 0.312. The summed E-state index contributed by atoms with van der Waals surface area (Å²) < 4.78 is 0. The molecule has 0 bridgehead atoms. The van der Waals surface area contributed by atoms with Crippen LogP contribution in [0.5, 0.6) is 0 Å². The molecule has 0 aliphatic rings. The third-order valence-electron chi connectivity index (χ3n) is 3.06. The number of amides is 1. The third kappa shape index (κ3) is 5.00. The standard InChI is InChI=1S/C16H19ClN4O/c1-2-3-4-8-18-16-19-10-12(11-20-16)15(22)21-14-7-5-6-13(17)9-14/h5-7,9-11H,2-4,8H2,1H3,(H,21,22)(H,18,19,20). The quantitative estimate of drug-likeness (QED) is 0.758. The maximum Gasteiger partial charge on any atom is 0.258 e. The van der Waals surface area contributed by atoms with Gasteiger partial charge in [0.05, 0.1) is 5.56 Å². The molecule has 0 atom stereocenters. The van der Waals surface area contributed by atoms with Gasteiger partial charge in [-0.15, -0.1) is 0 Å². The number of carbonyl (C=O) groups excluding carboxylic acids is 1. The van der Waals surface area contributed by atoms with Gasteiger partial charge < -0.3 is 10.6 Å². The Balaban J connectivity index is 1.90. The minimum atomic E-state index is -0.264. The van der Waals surface area contributed by atoms with Gasteiger partial charge in [-0.05, 0) is 24.6 Å². The molecule has 1 aromatic heterocycles. The van der Waals surface area contributed by atoms with Crippen LogP contribution in [0.15, 0.2) is 36.7 Å². The highest BCUT2D eigenvalue weighted by Crippen LogP contribution is 2.15. The number of rotatable bonds is 7. The van der Waals surface area contributed by atoms with Crippen LogP contribution < -0.4 is 10.6 Å². The summed E-state index contributed by atoms with van der Waals surface area (Å²) in [5.41, 5.74) is 1.04. The number of unbranched alkanes of at least 4 members (excludes halogenated alkanes) is 2. The number of aromatic nitrogens is 2. The molecule has 0 radical (unpaired) electrons. The largest absolute Gasteiger partial charge is 0.354 e. The van der Waals surface area contributed by atoms with Crippen LogP contribution in [-0.4, -0.2) is 22.4 Å². The van der Waals surface area contributed by atoms with E-state index in [1.807, 2.05) is 0 Å². The molecular weight excluding hydrogens is 300 g/mol. The van der Waals surface area contributed by atoms with Crippen LogP contribution in [0.1, 0.15) is 36.5 Å². The smallest absolute Gasteiger partial charge is 0.258 e. The molecule has 1 amide bonds. The number of anilines is 2. The van der Waals surface area contributed by atoms with E-state index in [2.05, 4.69) is 27.5 Å². The molecular formula is C16H19ClN4O. The lowest BCUT2D eigenvalue weighted by atomic mass is 10.2. The summed E-state index contributed by atoms with van der Waals surface area (Å²) in [4.78, 5) is 20.4. The zero-order valence-electron chi connectivity index (χ0n) is 12.5. The van der Waals surface area contributed by atoms with Crippen molar-refractivity contribution < 1.29 is 4.79 Å². The van der Waals surface area contributed by atoms with Crippen LogP contribution in [0, 0.1) is 0 Å². The Kier molecular flexibility index (Phi) is 6.15. The summed E-state index contributed by atoms with van der Waals surface area (Å²) in [6.07, 6.45) is 6.44. The average molecular weight is 319 g/mol. The van der Waals surface area contributed by atoms with E-state index >= 15 is 0 Å². The number of halogens is 1. The molecule has 1 heterocycles. The minimum absolute atomic E-state index is 0.264. The zero-order valence-corrected chi connectivity index (χ0v) is 13.2. The van der Waals surface area contributed by atoms with Crippen molar-refractivity contribution in [3.63, 3.8) is 0 Å². The Morgan fingerprint density at radius 1 is 1.23 bits per heavy atom. The Morgan fingerprint density at radius 2 is 2.00 bits per heavy atom. The Hall–Kier alpha value is -2.14. The maximum atomic E-state index is 12.1. The highest BCUT2D eigenvalue weighted by Gasteiger charge is 2.07. The molecule has 0 saturated carbocycles. The fourth-order valence-corrected chi connectivity index (χ4v) is 2.07. The molecule has 2 rings (SSSR count). The zero-order chi connectivity index (χ0) is 15.8. The Morgan fingerprint density at radius 3 is 2.68 bits per heavy atom. The van der Waals surface area contributed by atoms with Crippen molar-refractivity contribution in [2.45, 2.75) is 26.2 Å². The van der Waals surface area contributed by atoms with Crippen LogP contribution in [0.2, 0.25) is 5.02 Å². The number of hydrogen-bond acceptors (Lipinski definition) is 4. The number of carbonyl (C=O) groups is 1. The van der Waals surface area contributed by atoms with Gasteiger partial charge in [-0.1, -0.05) is 37.4 Å². The van der Waals surface area contributed by atoms with Crippen molar-refractivity contribution in [1.29, 1.82) is 0 Å². The minimum Gasteiger partial charge on any atom is -0.354 e. The second-order valence-corrected chi connectivity index (χ2v) is 5.33. The SMILES string of the molecule is CCCCCNc1ncc(C(=O)Nc2cccc(Cl)c2)cn1. The van der Waals surface area contributed by atoms with Crippen LogP contribution in [-0.2, 0) is 0 Å². The lowest BCUT2D eigenvalue weighted by Gasteiger charge is -2.07. The number of hydrogen-bond donors (Lipinski definition) is 2. The first-order valence-electron chi connectivity index (χ1n) is 7.32. The fourth-order valence-electron chi connectivity index (χ4n) is 1.88.